The quantitative estimate of drug-likeness (QED) is 0.310. The normalized spacial score (nSPS) is 13.8. The SMILES string of the molecule is CCCCCCCCC(CCCN(C)C)C(CC)(OC)OC. The van der Waals surface area contributed by atoms with Crippen molar-refractivity contribution in [2.45, 2.75) is 83.8 Å². The van der Waals surface area contributed by atoms with Crippen LogP contribution in [-0.2, 0) is 9.47 Å². The fourth-order valence-corrected chi connectivity index (χ4v) is 3.40. The van der Waals surface area contributed by atoms with Gasteiger partial charge >= 0.3 is 0 Å². The monoisotopic (exact) mass is 315 g/mol. The average molecular weight is 316 g/mol. The third-order valence-electron chi connectivity index (χ3n) is 4.87. The van der Waals surface area contributed by atoms with E-state index in [-0.39, 0.29) is 0 Å². The summed E-state index contributed by atoms with van der Waals surface area (Å²) in [6.45, 7) is 5.58. The molecule has 0 bridgehead atoms. The van der Waals surface area contributed by atoms with Crippen molar-refractivity contribution in [2.24, 2.45) is 5.92 Å². The fourth-order valence-electron chi connectivity index (χ4n) is 3.40. The molecule has 0 fully saturated rings. The van der Waals surface area contributed by atoms with Crippen molar-refractivity contribution in [1.29, 1.82) is 0 Å². The fraction of sp³-hybridized carbons (Fsp3) is 1.00. The second-order valence-corrected chi connectivity index (χ2v) is 6.77. The molecule has 0 aromatic carbocycles. The second kappa shape index (κ2) is 13.3. The highest BCUT2D eigenvalue weighted by atomic mass is 16.7. The Morgan fingerprint density at radius 1 is 0.818 bits per heavy atom. The average Bonchev–Trinajstić information content (AvgIpc) is 2.51. The van der Waals surface area contributed by atoms with Crippen LogP contribution in [0.4, 0.5) is 0 Å². The van der Waals surface area contributed by atoms with Crippen LogP contribution in [0, 0.1) is 5.92 Å². The molecule has 3 heteroatoms. The second-order valence-electron chi connectivity index (χ2n) is 6.77. The van der Waals surface area contributed by atoms with E-state index in [0.717, 1.165) is 13.0 Å². The van der Waals surface area contributed by atoms with Gasteiger partial charge < -0.3 is 14.4 Å². The van der Waals surface area contributed by atoms with Gasteiger partial charge in [0.1, 0.15) is 0 Å². The summed E-state index contributed by atoms with van der Waals surface area (Å²) < 4.78 is 11.6. The molecule has 134 valence electrons. The molecular formula is C19H41NO2. The third-order valence-corrected chi connectivity index (χ3v) is 4.87. The molecule has 1 unspecified atom stereocenters. The number of hydrogen-bond acceptors (Lipinski definition) is 3. The molecule has 1 atom stereocenters. The Morgan fingerprint density at radius 2 is 1.36 bits per heavy atom. The first kappa shape index (κ1) is 21.9. The number of methoxy groups -OCH3 is 2. The van der Waals surface area contributed by atoms with Gasteiger partial charge in [-0.1, -0.05) is 52.4 Å². The predicted octanol–water partition coefficient (Wildman–Crippen LogP) is 5.09. The summed E-state index contributed by atoms with van der Waals surface area (Å²) in [6, 6.07) is 0. The number of hydrogen-bond donors (Lipinski definition) is 0. The highest BCUT2D eigenvalue weighted by molar-refractivity contribution is 4.79. The van der Waals surface area contributed by atoms with Crippen molar-refractivity contribution in [3.05, 3.63) is 0 Å². The van der Waals surface area contributed by atoms with E-state index < -0.39 is 5.79 Å². The van der Waals surface area contributed by atoms with Crippen LogP contribution >= 0.6 is 0 Å². The lowest BCUT2D eigenvalue weighted by Gasteiger charge is -2.38. The molecule has 0 saturated heterocycles. The Kier molecular flexibility index (Phi) is 13.3. The zero-order valence-electron chi connectivity index (χ0n) is 16.1. The molecule has 0 saturated carbocycles. The summed E-state index contributed by atoms with van der Waals surface area (Å²) in [4.78, 5) is 2.26. The lowest BCUT2D eigenvalue weighted by Crippen LogP contribution is -2.41. The minimum atomic E-state index is -0.393. The summed E-state index contributed by atoms with van der Waals surface area (Å²) in [5.74, 6) is 0.106. The van der Waals surface area contributed by atoms with E-state index in [1.165, 1.54) is 57.8 Å². The number of ether oxygens (including phenoxy) is 2. The van der Waals surface area contributed by atoms with Crippen molar-refractivity contribution in [2.75, 3.05) is 34.9 Å². The minimum Gasteiger partial charge on any atom is -0.353 e. The van der Waals surface area contributed by atoms with Crippen LogP contribution in [0.1, 0.15) is 78.1 Å². The first-order chi connectivity index (χ1) is 10.6. The summed E-state index contributed by atoms with van der Waals surface area (Å²) in [7, 11) is 7.88. The Labute approximate surface area is 139 Å². The summed E-state index contributed by atoms with van der Waals surface area (Å²) >= 11 is 0. The maximum atomic E-state index is 5.82. The van der Waals surface area contributed by atoms with Crippen molar-refractivity contribution in [3.63, 3.8) is 0 Å². The molecule has 0 amide bonds. The van der Waals surface area contributed by atoms with Gasteiger partial charge in [0.2, 0.25) is 0 Å². The van der Waals surface area contributed by atoms with Crippen LogP contribution < -0.4 is 0 Å². The predicted molar refractivity (Wildman–Crippen MR) is 96.3 cm³/mol. The van der Waals surface area contributed by atoms with Gasteiger partial charge in [-0.25, -0.2) is 0 Å². The largest absolute Gasteiger partial charge is 0.353 e. The molecule has 0 heterocycles. The van der Waals surface area contributed by atoms with Crippen LogP contribution in [0.15, 0.2) is 0 Å². The van der Waals surface area contributed by atoms with Crippen LogP contribution in [0.5, 0.6) is 0 Å². The van der Waals surface area contributed by atoms with Gasteiger partial charge in [0.15, 0.2) is 5.79 Å². The summed E-state index contributed by atoms with van der Waals surface area (Å²) in [6.07, 6.45) is 12.6. The van der Waals surface area contributed by atoms with Crippen molar-refractivity contribution in [1.82, 2.24) is 4.90 Å². The zero-order valence-corrected chi connectivity index (χ0v) is 16.1. The zero-order chi connectivity index (χ0) is 16.8. The highest BCUT2D eigenvalue weighted by Crippen LogP contribution is 2.34. The van der Waals surface area contributed by atoms with Gasteiger partial charge in [-0.15, -0.1) is 0 Å². The molecule has 3 nitrogen and oxygen atoms in total. The van der Waals surface area contributed by atoms with Gasteiger partial charge in [0.05, 0.1) is 0 Å². The van der Waals surface area contributed by atoms with Crippen molar-refractivity contribution < 1.29 is 9.47 Å². The molecule has 0 N–H and O–H groups in total. The Balaban J connectivity index is 4.38. The van der Waals surface area contributed by atoms with Crippen LogP contribution in [0.2, 0.25) is 0 Å². The molecule has 0 aromatic rings. The molecule has 0 radical (unpaired) electrons. The first-order valence-corrected chi connectivity index (χ1v) is 9.31. The number of rotatable bonds is 15. The van der Waals surface area contributed by atoms with E-state index >= 15 is 0 Å². The standard InChI is InChI=1S/C19H41NO2/c1-7-9-10-11-12-13-15-18(16-14-17-20(3)4)19(8-2,21-5)22-6/h18H,7-17H2,1-6H3. The van der Waals surface area contributed by atoms with Crippen LogP contribution in [-0.4, -0.2) is 45.5 Å². The van der Waals surface area contributed by atoms with Crippen molar-refractivity contribution in [3.8, 4) is 0 Å². The molecule has 0 rings (SSSR count). The van der Waals surface area contributed by atoms with Gasteiger partial charge in [0, 0.05) is 20.1 Å². The van der Waals surface area contributed by atoms with Crippen LogP contribution in [0.25, 0.3) is 0 Å². The van der Waals surface area contributed by atoms with E-state index in [1.807, 2.05) is 0 Å². The topological polar surface area (TPSA) is 21.7 Å². The number of nitrogens with zero attached hydrogens (tertiary/aromatic N) is 1. The molecular weight excluding hydrogens is 274 g/mol. The first-order valence-electron chi connectivity index (χ1n) is 9.31. The van der Waals surface area contributed by atoms with E-state index in [2.05, 4.69) is 32.8 Å². The number of unbranched alkanes of at least 4 members (excludes halogenated alkanes) is 5. The minimum absolute atomic E-state index is 0.393. The van der Waals surface area contributed by atoms with Gasteiger partial charge in [-0.05, 0) is 46.3 Å². The maximum Gasteiger partial charge on any atom is 0.170 e. The Hall–Kier alpha value is -0.120. The van der Waals surface area contributed by atoms with Gasteiger partial charge in [-0.2, -0.15) is 0 Å². The van der Waals surface area contributed by atoms with Gasteiger partial charge in [-0.3, -0.25) is 0 Å². The Bertz CT molecular complexity index is 231. The lowest BCUT2D eigenvalue weighted by molar-refractivity contribution is -0.244. The van der Waals surface area contributed by atoms with E-state index in [0.29, 0.717) is 5.92 Å². The summed E-state index contributed by atoms with van der Waals surface area (Å²) in [5.41, 5.74) is 0. The molecule has 0 aromatic heterocycles. The highest BCUT2D eigenvalue weighted by Gasteiger charge is 2.36. The molecule has 22 heavy (non-hydrogen) atoms. The van der Waals surface area contributed by atoms with Crippen molar-refractivity contribution >= 4 is 0 Å². The van der Waals surface area contributed by atoms with Gasteiger partial charge in [0.25, 0.3) is 0 Å². The van der Waals surface area contributed by atoms with E-state index in [4.69, 9.17) is 9.47 Å². The maximum absolute atomic E-state index is 5.82. The third kappa shape index (κ3) is 8.50. The molecule has 0 aliphatic heterocycles. The van der Waals surface area contributed by atoms with Crippen LogP contribution in [0.3, 0.4) is 0 Å². The lowest BCUT2D eigenvalue weighted by atomic mass is 9.86. The summed E-state index contributed by atoms with van der Waals surface area (Å²) in [5, 5.41) is 0. The Morgan fingerprint density at radius 3 is 1.86 bits per heavy atom. The molecule has 0 spiro atoms. The van der Waals surface area contributed by atoms with E-state index in [1.54, 1.807) is 14.2 Å². The smallest absolute Gasteiger partial charge is 0.170 e. The molecule has 0 aliphatic carbocycles. The molecule has 0 aliphatic rings. The van der Waals surface area contributed by atoms with E-state index in [9.17, 15) is 0 Å².